The summed E-state index contributed by atoms with van der Waals surface area (Å²) in [5.41, 5.74) is 0.481. The standard InChI is InChI=1S/C11H14N2O5/c1-12-11(18)13-7(10(16)17)4-6-2-3-8(14)9(15)5-6/h2-3,5,7,14-15H,4H2,1H3,(H,16,17)(H2,12,13,18)/t7-/m0/s1. The molecule has 7 nitrogen and oxygen atoms in total. The van der Waals surface area contributed by atoms with Crippen molar-refractivity contribution in [2.75, 3.05) is 7.05 Å². The van der Waals surface area contributed by atoms with E-state index in [1.54, 1.807) is 0 Å². The van der Waals surface area contributed by atoms with Gasteiger partial charge in [0.1, 0.15) is 6.04 Å². The van der Waals surface area contributed by atoms with E-state index in [0.29, 0.717) is 5.56 Å². The van der Waals surface area contributed by atoms with Crippen LogP contribution < -0.4 is 10.6 Å². The number of phenols is 2. The molecule has 1 aromatic rings. The van der Waals surface area contributed by atoms with Crippen LogP contribution in [0.2, 0.25) is 0 Å². The second-order valence-corrected chi connectivity index (χ2v) is 3.64. The van der Waals surface area contributed by atoms with Gasteiger partial charge in [-0.3, -0.25) is 0 Å². The summed E-state index contributed by atoms with van der Waals surface area (Å²) in [5.74, 6) is -1.81. The molecule has 0 radical (unpaired) electrons. The monoisotopic (exact) mass is 254 g/mol. The topological polar surface area (TPSA) is 119 Å². The fourth-order valence-electron chi connectivity index (χ4n) is 1.36. The number of amides is 2. The molecule has 0 aliphatic carbocycles. The van der Waals surface area contributed by atoms with E-state index >= 15 is 0 Å². The molecule has 0 unspecified atom stereocenters. The quantitative estimate of drug-likeness (QED) is 0.485. The predicted octanol–water partition coefficient (Wildman–Crippen LogP) is 0.0225. The number of carboxylic acids is 1. The molecule has 1 rings (SSSR count). The number of hydrogen-bond acceptors (Lipinski definition) is 4. The molecule has 0 fully saturated rings. The number of phenolic OH excluding ortho intramolecular Hbond substituents is 2. The lowest BCUT2D eigenvalue weighted by atomic mass is 10.1. The van der Waals surface area contributed by atoms with Crippen LogP contribution in [0.5, 0.6) is 11.5 Å². The summed E-state index contributed by atoms with van der Waals surface area (Å²) >= 11 is 0. The van der Waals surface area contributed by atoms with E-state index in [9.17, 15) is 14.7 Å². The third kappa shape index (κ3) is 3.55. The smallest absolute Gasteiger partial charge is 0.326 e. The zero-order chi connectivity index (χ0) is 13.7. The van der Waals surface area contributed by atoms with E-state index < -0.39 is 18.0 Å². The Morgan fingerprint density at radius 3 is 2.44 bits per heavy atom. The Balaban J connectivity index is 2.80. The van der Waals surface area contributed by atoms with Crippen LogP contribution in [0.25, 0.3) is 0 Å². The van der Waals surface area contributed by atoms with Gasteiger partial charge in [0, 0.05) is 13.5 Å². The number of urea groups is 1. The number of aromatic hydroxyl groups is 2. The van der Waals surface area contributed by atoms with Crippen molar-refractivity contribution in [3.05, 3.63) is 23.8 Å². The number of carbonyl (C=O) groups is 2. The van der Waals surface area contributed by atoms with Gasteiger partial charge in [-0.15, -0.1) is 0 Å². The fourth-order valence-corrected chi connectivity index (χ4v) is 1.36. The van der Waals surface area contributed by atoms with Gasteiger partial charge in [-0.1, -0.05) is 6.07 Å². The van der Waals surface area contributed by atoms with Gasteiger partial charge in [0.25, 0.3) is 0 Å². The van der Waals surface area contributed by atoms with Crippen LogP contribution in [0.3, 0.4) is 0 Å². The number of carbonyl (C=O) groups excluding carboxylic acids is 1. The molecule has 1 aromatic carbocycles. The first-order valence-electron chi connectivity index (χ1n) is 5.16. The van der Waals surface area contributed by atoms with Crippen LogP contribution >= 0.6 is 0 Å². The van der Waals surface area contributed by atoms with Crippen molar-refractivity contribution < 1.29 is 24.9 Å². The average Bonchev–Trinajstić information content (AvgIpc) is 2.32. The third-order valence-corrected chi connectivity index (χ3v) is 2.31. The molecule has 0 saturated heterocycles. The van der Waals surface area contributed by atoms with Crippen molar-refractivity contribution in [1.29, 1.82) is 0 Å². The van der Waals surface area contributed by atoms with Crippen molar-refractivity contribution in [2.45, 2.75) is 12.5 Å². The third-order valence-electron chi connectivity index (χ3n) is 2.31. The molecule has 2 amide bonds. The van der Waals surface area contributed by atoms with Gasteiger partial charge >= 0.3 is 12.0 Å². The Labute approximate surface area is 103 Å². The summed E-state index contributed by atoms with van der Waals surface area (Å²) in [4.78, 5) is 22.0. The molecule has 1 atom stereocenters. The largest absolute Gasteiger partial charge is 0.504 e. The average molecular weight is 254 g/mol. The molecule has 0 heterocycles. The molecule has 98 valence electrons. The van der Waals surface area contributed by atoms with Crippen LogP contribution in [-0.2, 0) is 11.2 Å². The molecule has 0 spiro atoms. The van der Waals surface area contributed by atoms with Gasteiger partial charge in [0.2, 0.25) is 0 Å². The number of nitrogens with one attached hydrogen (secondary N) is 2. The van der Waals surface area contributed by atoms with Crippen molar-refractivity contribution in [1.82, 2.24) is 10.6 Å². The highest BCUT2D eigenvalue weighted by molar-refractivity contribution is 5.82. The number of hydrogen-bond donors (Lipinski definition) is 5. The van der Waals surface area contributed by atoms with Gasteiger partial charge in [-0.2, -0.15) is 0 Å². The minimum Gasteiger partial charge on any atom is -0.504 e. The van der Waals surface area contributed by atoms with Crippen LogP contribution in [0, 0.1) is 0 Å². The lowest BCUT2D eigenvalue weighted by molar-refractivity contribution is -0.139. The molecule has 5 N–H and O–H groups in total. The summed E-state index contributed by atoms with van der Waals surface area (Å²) in [7, 11) is 1.38. The summed E-state index contributed by atoms with van der Waals surface area (Å²) < 4.78 is 0. The Kier molecular flexibility index (Phi) is 4.36. The van der Waals surface area contributed by atoms with Crippen molar-refractivity contribution >= 4 is 12.0 Å². The predicted molar refractivity (Wildman–Crippen MR) is 62.5 cm³/mol. The first kappa shape index (κ1) is 13.6. The SMILES string of the molecule is CNC(=O)N[C@@H](Cc1ccc(O)c(O)c1)C(=O)O. The zero-order valence-corrected chi connectivity index (χ0v) is 9.67. The summed E-state index contributed by atoms with van der Waals surface area (Å²) in [6, 6.07) is 2.25. The van der Waals surface area contributed by atoms with Gasteiger partial charge in [-0.25, -0.2) is 9.59 Å². The van der Waals surface area contributed by atoms with E-state index in [1.165, 1.54) is 25.2 Å². The van der Waals surface area contributed by atoms with Crippen LogP contribution in [0.15, 0.2) is 18.2 Å². The molecule has 0 aromatic heterocycles. The summed E-state index contributed by atoms with van der Waals surface area (Å²) in [6.45, 7) is 0. The molecule has 0 bridgehead atoms. The number of carboxylic acid groups (broad SMARTS) is 1. The van der Waals surface area contributed by atoms with E-state index in [4.69, 9.17) is 10.2 Å². The Hall–Kier alpha value is -2.44. The Morgan fingerprint density at radius 2 is 1.94 bits per heavy atom. The molecule has 18 heavy (non-hydrogen) atoms. The normalized spacial score (nSPS) is 11.6. The fraction of sp³-hybridized carbons (Fsp3) is 0.273. The van der Waals surface area contributed by atoms with Gasteiger partial charge in [0.05, 0.1) is 0 Å². The first-order chi connectivity index (χ1) is 8.43. The highest BCUT2D eigenvalue weighted by Gasteiger charge is 2.20. The van der Waals surface area contributed by atoms with Crippen molar-refractivity contribution in [2.24, 2.45) is 0 Å². The minimum atomic E-state index is -1.19. The summed E-state index contributed by atoms with van der Waals surface area (Å²) in [5, 5.41) is 31.9. The highest BCUT2D eigenvalue weighted by atomic mass is 16.4. The number of aliphatic carboxylic acids is 1. The maximum absolute atomic E-state index is 11.1. The lowest BCUT2D eigenvalue weighted by Crippen LogP contribution is -2.46. The van der Waals surface area contributed by atoms with E-state index in [-0.39, 0.29) is 17.9 Å². The number of benzene rings is 1. The molecule has 0 saturated carbocycles. The van der Waals surface area contributed by atoms with Crippen molar-refractivity contribution in [3.63, 3.8) is 0 Å². The van der Waals surface area contributed by atoms with Crippen LogP contribution in [0.1, 0.15) is 5.56 Å². The Bertz CT molecular complexity index is 461. The molecular formula is C11H14N2O5. The van der Waals surface area contributed by atoms with Gasteiger partial charge < -0.3 is 26.0 Å². The summed E-state index contributed by atoms with van der Waals surface area (Å²) in [6.07, 6.45) is -0.00338. The molecular weight excluding hydrogens is 240 g/mol. The van der Waals surface area contributed by atoms with Gasteiger partial charge in [0.15, 0.2) is 11.5 Å². The zero-order valence-electron chi connectivity index (χ0n) is 9.67. The molecule has 0 aliphatic heterocycles. The van der Waals surface area contributed by atoms with E-state index in [2.05, 4.69) is 10.6 Å². The second-order valence-electron chi connectivity index (χ2n) is 3.64. The maximum atomic E-state index is 11.1. The lowest BCUT2D eigenvalue weighted by Gasteiger charge is -2.14. The second kappa shape index (κ2) is 5.76. The first-order valence-corrected chi connectivity index (χ1v) is 5.16. The maximum Gasteiger partial charge on any atom is 0.326 e. The highest BCUT2D eigenvalue weighted by Crippen LogP contribution is 2.25. The van der Waals surface area contributed by atoms with Crippen LogP contribution in [0.4, 0.5) is 4.79 Å². The van der Waals surface area contributed by atoms with E-state index in [0.717, 1.165) is 0 Å². The van der Waals surface area contributed by atoms with Gasteiger partial charge in [-0.05, 0) is 17.7 Å². The number of rotatable bonds is 4. The van der Waals surface area contributed by atoms with Crippen molar-refractivity contribution in [3.8, 4) is 11.5 Å². The van der Waals surface area contributed by atoms with E-state index in [1.807, 2.05) is 0 Å². The van der Waals surface area contributed by atoms with Crippen LogP contribution in [-0.4, -0.2) is 40.4 Å². The molecule has 0 aliphatic rings. The minimum absolute atomic E-state index is 0.00338. The Morgan fingerprint density at radius 1 is 1.28 bits per heavy atom. The molecule has 7 heteroatoms.